The number of rotatable bonds is 7. The predicted molar refractivity (Wildman–Crippen MR) is 102 cm³/mol. The Bertz CT molecular complexity index is 1040. The number of nitrogens with zero attached hydrogens (tertiary/aromatic N) is 1. The molecule has 1 N–H and O–H groups in total. The van der Waals surface area contributed by atoms with Crippen LogP contribution in [0.15, 0.2) is 47.3 Å². The second-order valence-corrected chi connectivity index (χ2v) is 7.93. The highest BCUT2D eigenvalue weighted by atomic mass is 31.2. The summed E-state index contributed by atoms with van der Waals surface area (Å²) in [6, 6.07) is 10.9. The zero-order valence-corrected chi connectivity index (χ0v) is 16.0. The van der Waals surface area contributed by atoms with Crippen molar-refractivity contribution in [3.63, 3.8) is 0 Å². The number of halogens is 1. The average molecular weight is 390 g/mol. The number of nitrogens with one attached hydrogen (secondary N) is 1. The summed E-state index contributed by atoms with van der Waals surface area (Å²) in [5, 5.41) is 0.325. The Hall–Kier alpha value is -2.34. The van der Waals surface area contributed by atoms with Crippen molar-refractivity contribution in [2.24, 2.45) is 0 Å². The van der Waals surface area contributed by atoms with Crippen LogP contribution in [-0.2, 0) is 19.8 Å². The molecule has 0 aliphatic heterocycles. The summed E-state index contributed by atoms with van der Waals surface area (Å²) in [5.74, 6) is -0.119. The summed E-state index contributed by atoms with van der Waals surface area (Å²) in [5.41, 5.74) is 1.38. The van der Waals surface area contributed by atoms with Gasteiger partial charge in [-0.2, -0.15) is 0 Å². The minimum absolute atomic E-state index is 0.155. The Morgan fingerprint density at radius 2 is 1.74 bits per heavy atom. The fourth-order valence-corrected chi connectivity index (χ4v) is 4.46. The molecule has 8 heteroatoms. The van der Waals surface area contributed by atoms with Crippen molar-refractivity contribution >= 4 is 18.5 Å². The van der Waals surface area contributed by atoms with Gasteiger partial charge in [-0.15, -0.1) is 0 Å². The van der Waals surface area contributed by atoms with Gasteiger partial charge >= 0.3 is 7.60 Å². The maximum atomic E-state index is 13.4. The first kappa shape index (κ1) is 19.4. The van der Waals surface area contributed by atoms with Gasteiger partial charge in [-0.3, -0.25) is 9.36 Å². The summed E-state index contributed by atoms with van der Waals surface area (Å²) in [6.07, 6.45) is 0.155. The summed E-state index contributed by atoms with van der Waals surface area (Å²) < 4.78 is 36.7. The van der Waals surface area contributed by atoms with E-state index >= 15 is 0 Å². The van der Waals surface area contributed by atoms with E-state index in [4.69, 9.17) is 9.05 Å². The normalized spacial score (nSPS) is 11.8. The van der Waals surface area contributed by atoms with Gasteiger partial charge in [0, 0.05) is 11.6 Å². The maximum absolute atomic E-state index is 13.4. The molecule has 3 rings (SSSR count). The first-order chi connectivity index (χ1) is 12.9. The molecule has 0 spiro atoms. The van der Waals surface area contributed by atoms with E-state index in [9.17, 15) is 13.8 Å². The summed E-state index contributed by atoms with van der Waals surface area (Å²) in [6.45, 7) is 4.13. The lowest BCUT2D eigenvalue weighted by Crippen LogP contribution is -2.09. The molecule has 0 amide bonds. The van der Waals surface area contributed by atoms with Crippen LogP contribution in [0.4, 0.5) is 4.39 Å². The van der Waals surface area contributed by atoms with E-state index in [0.29, 0.717) is 30.0 Å². The van der Waals surface area contributed by atoms with Gasteiger partial charge in [0.15, 0.2) is 0 Å². The zero-order valence-electron chi connectivity index (χ0n) is 15.1. The second-order valence-electron chi connectivity index (χ2n) is 5.88. The van der Waals surface area contributed by atoms with E-state index in [0.717, 1.165) is 5.56 Å². The molecule has 2 aromatic carbocycles. The molecule has 0 saturated carbocycles. The second kappa shape index (κ2) is 8.13. The fraction of sp³-hybridized carbons (Fsp3) is 0.263. The molecule has 0 atom stereocenters. The molecule has 0 aliphatic carbocycles. The van der Waals surface area contributed by atoms with Crippen molar-refractivity contribution in [2.75, 3.05) is 13.2 Å². The summed E-state index contributed by atoms with van der Waals surface area (Å²) in [4.78, 5) is 19.2. The third-order valence-electron chi connectivity index (χ3n) is 3.92. The Morgan fingerprint density at radius 3 is 2.37 bits per heavy atom. The van der Waals surface area contributed by atoms with Gasteiger partial charge in [0.1, 0.15) is 11.6 Å². The third-order valence-corrected chi connectivity index (χ3v) is 5.98. The number of aromatic nitrogens is 2. The summed E-state index contributed by atoms with van der Waals surface area (Å²) >= 11 is 0. The van der Waals surface area contributed by atoms with Crippen LogP contribution in [0.5, 0.6) is 0 Å². The van der Waals surface area contributed by atoms with Crippen molar-refractivity contribution in [1.82, 2.24) is 9.97 Å². The van der Waals surface area contributed by atoms with Crippen molar-refractivity contribution in [3.8, 4) is 11.4 Å². The molecule has 1 aromatic heterocycles. The highest BCUT2D eigenvalue weighted by molar-refractivity contribution is 7.53. The maximum Gasteiger partial charge on any atom is 0.335 e. The fourth-order valence-electron chi connectivity index (χ4n) is 2.76. The Kier molecular flexibility index (Phi) is 5.85. The lowest BCUT2D eigenvalue weighted by atomic mass is 10.1. The number of benzene rings is 2. The highest BCUT2D eigenvalue weighted by Crippen LogP contribution is 2.51. The molecular formula is C19H20FN2O4P. The largest absolute Gasteiger partial charge is 0.335 e. The molecular weight excluding hydrogens is 370 g/mol. The zero-order chi connectivity index (χ0) is 19.4. The number of fused-ring (bicyclic) bond motifs is 1. The standard InChI is InChI=1S/C19H20FN2O4P/c1-3-25-27(24,26-4-2)12-13-5-7-14(8-6-13)18-21-17-11-15(20)9-10-16(17)19(23)22-18/h5-11H,3-4,12H2,1-2H3,(H,21,22,23). The third kappa shape index (κ3) is 4.50. The van der Waals surface area contributed by atoms with Gasteiger partial charge in [0.2, 0.25) is 0 Å². The number of hydrogen-bond donors (Lipinski definition) is 1. The SMILES string of the molecule is CCOP(=O)(Cc1ccc(-c2nc3cc(F)ccc3c(=O)[nH]2)cc1)OCC. The van der Waals surface area contributed by atoms with Crippen LogP contribution in [0.3, 0.4) is 0 Å². The lowest BCUT2D eigenvalue weighted by Gasteiger charge is -2.17. The highest BCUT2D eigenvalue weighted by Gasteiger charge is 2.24. The molecule has 6 nitrogen and oxygen atoms in total. The molecule has 0 bridgehead atoms. The quantitative estimate of drug-likeness (QED) is 0.601. The number of H-pyrrole nitrogens is 1. The number of hydrogen-bond acceptors (Lipinski definition) is 5. The van der Waals surface area contributed by atoms with Gasteiger partial charge in [-0.1, -0.05) is 24.3 Å². The van der Waals surface area contributed by atoms with E-state index < -0.39 is 13.4 Å². The Balaban J connectivity index is 1.90. The van der Waals surface area contributed by atoms with Crippen LogP contribution in [0.1, 0.15) is 19.4 Å². The van der Waals surface area contributed by atoms with Gasteiger partial charge < -0.3 is 14.0 Å². The number of aromatic amines is 1. The van der Waals surface area contributed by atoms with Gasteiger partial charge in [-0.05, 0) is 31.5 Å². The van der Waals surface area contributed by atoms with E-state index in [1.54, 1.807) is 38.1 Å². The first-order valence-corrected chi connectivity index (χ1v) is 10.3. The average Bonchev–Trinajstić information content (AvgIpc) is 2.62. The van der Waals surface area contributed by atoms with E-state index in [2.05, 4.69) is 9.97 Å². The van der Waals surface area contributed by atoms with Gasteiger partial charge in [0.25, 0.3) is 5.56 Å². The van der Waals surface area contributed by atoms with Crippen LogP contribution >= 0.6 is 7.60 Å². The smallest absolute Gasteiger partial charge is 0.309 e. The molecule has 0 aliphatic rings. The van der Waals surface area contributed by atoms with E-state index in [1.807, 2.05) is 0 Å². The van der Waals surface area contributed by atoms with Crippen molar-refractivity contribution in [3.05, 3.63) is 64.2 Å². The topological polar surface area (TPSA) is 81.3 Å². The molecule has 0 fully saturated rings. The van der Waals surface area contributed by atoms with Crippen LogP contribution < -0.4 is 5.56 Å². The molecule has 27 heavy (non-hydrogen) atoms. The molecule has 3 aromatic rings. The van der Waals surface area contributed by atoms with Crippen molar-refractivity contribution < 1.29 is 18.0 Å². The molecule has 142 valence electrons. The van der Waals surface area contributed by atoms with Crippen LogP contribution in [0, 0.1) is 5.82 Å². The van der Waals surface area contributed by atoms with Crippen molar-refractivity contribution in [1.29, 1.82) is 0 Å². The minimum atomic E-state index is -3.19. The molecule has 0 unspecified atom stereocenters. The Morgan fingerprint density at radius 1 is 1.07 bits per heavy atom. The molecule has 1 heterocycles. The van der Waals surface area contributed by atoms with Crippen LogP contribution in [0.2, 0.25) is 0 Å². The van der Waals surface area contributed by atoms with E-state index in [-0.39, 0.29) is 17.2 Å². The van der Waals surface area contributed by atoms with Gasteiger partial charge in [-0.25, -0.2) is 9.37 Å². The molecule has 0 saturated heterocycles. The van der Waals surface area contributed by atoms with E-state index in [1.165, 1.54) is 18.2 Å². The molecule has 0 radical (unpaired) electrons. The van der Waals surface area contributed by atoms with Crippen LogP contribution in [0.25, 0.3) is 22.3 Å². The lowest BCUT2D eigenvalue weighted by molar-refractivity contribution is 0.219. The van der Waals surface area contributed by atoms with Gasteiger partial charge in [0.05, 0.1) is 30.3 Å². The first-order valence-electron chi connectivity index (χ1n) is 8.61. The minimum Gasteiger partial charge on any atom is -0.309 e. The Labute approximate surface area is 155 Å². The van der Waals surface area contributed by atoms with Crippen LogP contribution in [-0.4, -0.2) is 23.2 Å². The monoisotopic (exact) mass is 390 g/mol. The summed E-state index contributed by atoms with van der Waals surface area (Å²) in [7, 11) is -3.19. The van der Waals surface area contributed by atoms with Crippen molar-refractivity contribution in [2.45, 2.75) is 20.0 Å². The predicted octanol–water partition coefficient (Wildman–Crippen LogP) is 4.50.